The minimum atomic E-state index is -0.373. The normalized spacial score (nSPS) is 12.3. The van der Waals surface area contributed by atoms with Crippen molar-refractivity contribution in [1.82, 2.24) is 0 Å². The van der Waals surface area contributed by atoms with E-state index in [1.165, 1.54) is 6.92 Å². The first kappa shape index (κ1) is 23.0. The number of hydrogen-bond acceptors (Lipinski definition) is 8. The molecule has 1 aliphatic carbocycles. The number of carbonyl (C=O) groups is 3. The van der Waals surface area contributed by atoms with Gasteiger partial charge in [0, 0.05) is 36.8 Å². The molecule has 0 saturated carbocycles. The van der Waals surface area contributed by atoms with E-state index in [1.54, 1.807) is 30.3 Å². The predicted octanol–water partition coefficient (Wildman–Crippen LogP) is 5.62. The first-order chi connectivity index (χ1) is 16.4. The molecule has 34 heavy (non-hydrogen) atoms. The van der Waals surface area contributed by atoms with Crippen LogP contribution in [0.25, 0.3) is 0 Å². The zero-order chi connectivity index (χ0) is 24.4. The van der Waals surface area contributed by atoms with Gasteiger partial charge in [0.1, 0.15) is 17.3 Å². The molecule has 8 nitrogen and oxygen atoms in total. The second kappa shape index (κ2) is 9.37. The van der Waals surface area contributed by atoms with Crippen LogP contribution >= 0.6 is 11.3 Å². The number of fused-ring (bicyclic) bond motifs is 2. The molecule has 0 saturated heterocycles. The van der Waals surface area contributed by atoms with Crippen LogP contribution in [0.5, 0.6) is 0 Å². The van der Waals surface area contributed by atoms with Gasteiger partial charge >= 0.3 is 0 Å². The van der Waals surface area contributed by atoms with E-state index >= 15 is 0 Å². The summed E-state index contributed by atoms with van der Waals surface area (Å²) in [5, 5.41) is 21.2. The Morgan fingerprint density at radius 3 is 2.35 bits per heavy atom. The molecular weight excluding hydrogens is 450 g/mol. The maximum atomic E-state index is 13.0. The minimum Gasteiger partial charge on any atom is -0.372 e. The van der Waals surface area contributed by atoms with Crippen molar-refractivity contribution >= 4 is 50.9 Å². The average molecular weight is 472 g/mol. The third kappa shape index (κ3) is 4.00. The van der Waals surface area contributed by atoms with Crippen molar-refractivity contribution in [2.45, 2.75) is 20.8 Å². The second-order valence-corrected chi connectivity index (χ2v) is 8.56. The average Bonchev–Trinajstić information content (AvgIpc) is 3.21. The van der Waals surface area contributed by atoms with Crippen LogP contribution in [-0.4, -0.2) is 30.6 Å². The van der Waals surface area contributed by atoms with E-state index in [-0.39, 0.29) is 44.0 Å². The van der Waals surface area contributed by atoms with Crippen molar-refractivity contribution < 1.29 is 14.4 Å². The number of rotatable bonds is 6. The number of nitriles is 1. The Morgan fingerprint density at radius 1 is 1.06 bits per heavy atom. The molecule has 170 valence electrons. The van der Waals surface area contributed by atoms with Crippen LogP contribution in [0, 0.1) is 11.3 Å². The van der Waals surface area contributed by atoms with Crippen LogP contribution in [0.2, 0.25) is 0 Å². The summed E-state index contributed by atoms with van der Waals surface area (Å²) in [5.41, 5.74) is 2.47. The summed E-state index contributed by atoms with van der Waals surface area (Å²) in [7, 11) is 0. The van der Waals surface area contributed by atoms with Gasteiger partial charge in [-0.2, -0.15) is 5.26 Å². The molecule has 0 atom stereocenters. The molecule has 3 aromatic rings. The maximum absolute atomic E-state index is 13.0. The fraction of sp³-hybridized carbons (Fsp3) is 0.200. The van der Waals surface area contributed by atoms with Gasteiger partial charge in [-0.25, -0.2) is 0 Å². The quantitative estimate of drug-likeness (QED) is 0.367. The summed E-state index contributed by atoms with van der Waals surface area (Å²) >= 11 is 0.967. The molecule has 1 aromatic heterocycles. The lowest BCUT2D eigenvalue weighted by Crippen LogP contribution is -2.21. The van der Waals surface area contributed by atoms with Gasteiger partial charge in [0.05, 0.1) is 16.1 Å². The number of nitrogens with zero attached hydrogens (tertiary/aromatic N) is 4. The maximum Gasteiger partial charge on any atom is 0.221 e. The summed E-state index contributed by atoms with van der Waals surface area (Å²) < 4.78 is 0. The fourth-order valence-corrected chi connectivity index (χ4v) is 4.92. The first-order valence-corrected chi connectivity index (χ1v) is 11.5. The topological polar surface area (TPSA) is 115 Å². The van der Waals surface area contributed by atoms with Gasteiger partial charge < -0.3 is 10.2 Å². The second-order valence-electron chi connectivity index (χ2n) is 7.56. The number of azo groups is 1. The van der Waals surface area contributed by atoms with Crippen LogP contribution in [0.15, 0.2) is 52.7 Å². The van der Waals surface area contributed by atoms with Crippen molar-refractivity contribution in [3.05, 3.63) is 69.6 Å². The molecule has 1 amide bonds. The lowest BCUT2D eigenvalue weighted by Gasteiger charge is -2.22. The summed E-state index contributed by atoms with van der Waals surface area (Å²) in [6.07, 6.45) is 0. The molecule has 1 aliphatic rings. The van der Waals surface area contributed by atoms with E-state index in [0.717, 1.165) is 30.1 Å². The van der Waals surface area contributed by atoms with E-state index < -0.39 is 0 Å². The molecule has 0 bridgehead atoms. The number of nitrogens with one attached hydrogen (secondary N) is 1. The number of ketones is 2. The molecule has 1 heterocycles. The standard InChI is InChI=1S/C25H21N5O3S/c1-4-30(5-2)15-10-11-19(20(12-15)27-14(3)31)28-29-25-18(13-26)21-22(32)16-8-6-7-9-17(16)23(33)24(21)34-25/h6-12H,4-5H2,1-3H3,(H,27,31). The van der Waals surface area contributed by atoms with Gasteiger partial charge in [-0.15, -0.1) is 21.6 Å². The van der Waals surface area contributed by atoms with Crippen LogP contribution < -0.4 is 10.2 Å². The van der Waals surface area contributed by atoms with Crippen molar-refractivity contribution in [3.63, 3.8) is 0 Å². The monoisotopic (exact) mass is 471 g/mol. The predicted molar refractivity (Wildman–Crippen MR) is 131 cm³/mol. The lowest BCUT2D eigenvalue weighted by atomic mass is 9.87. The zero-order valence-electron chi connectivity index (χ0n) is 18.9. The van der Waals surface area contributed by atoms with E-state index in [4.69, 9.17) is 0 Å². The highest BCUT2D eigenvalue weighted by Crippen LogP contribution is 2.42. The van der Waals surface area contributed by atoms with Gasteiger partial charge in [-0.05, 0) is 32.0 Å². The van der Waals surface area contributed by atoms with Crippen molar-refractivity contribution in [2.75, 3.05) is 23.3 Å². The Labute approximate surface area is 200 Å². The first-order valence-electron chi connectivity index (χ1n) is 10.7. The number of hydrogen-bond donors (Lipinski definition) is 1. The summed E-state index contributed by atoms with van der Waals surface area (Å²) in [4.78, 5) is 40.1. The van der Waals surface area contributed by atoms with Crippen LogP contribution in [-0.2, 0) is 4.79 Å². The number of anilines is 2. The molecule has 9 heteroatoms. The number of thiophene rings is 1. The highest BCUT2D eigenvalue weighted by atomic mass is 32.1. The fourth-order valence-electron chi connectivity index (χ4n) is 3.89. The Balaban J connectivity index is 1.77. The van der Waals surface area contributed by atoms with E-state index in [1.807, 2.05) is 32.0 Å². The molecule has 0 fully saturated rings. The van der Waals surface area contributed by atoms with E-state index in [9.17, 15) is 19.6 Å². The number of benzene rings is 2. The molecule has 0 aliphatic heterocycles. The molecule has 4 rings (SSSR count). The third-order valence-electron chi connectivity index (χ3n) is 5.52. The molecular formula is C25H21N5O3S. The summed E-state index contributed by atoms with van der Waals surface area (Å²) in [6.45, 7) is 7.08. The van der Waals surface area contributed by atoms with Crippen LogP contribution in [0.3, 0.4) is 0 Å². The van der Waals surface area contributed by atoms with Crippen molar-refractivity contribution in [2.24, 2.45) is 10.2 Å². The number of amides is 1. The van der Waals surface area contributed by atoms with Gasteiger partial charge in [-0.1, -0.05) is 24.3 Å². The minimum absolute atomic E-state index is 0.0254. The molecule has 0 radical (unpaired) electrons. The Kier molecular flexibility index (Phi) is 6.34. The van der Waals surface area contributed by atoms with Gasteiger partial charge in [-0.3, -0.25) is 14.4 Å². The van der Waals surface area contributed by atoms with Gasteiger partial charge in [0.25, 0.3) is 0 Å². The van der Waals surface area contributed by atoms with Crippen LogP contribution in [0.4, 0.5) is 22.1 Å². The van der Waals surface area contributed by atoms with Crippen molar-refractivity contribution in [3.8, 4) is 6.07 Å². The number of carbonyl (C=O) groups excluding carboxylic acids is 3. The van der Waals surface area contributed by atoms with E-state index in [2.05, 4.69) is 20.4 Å². The van der Waals surface area contributed by atoms with E-state index in [0.29, 0.717) is 16.9 Å². The Hall–Kier alpha value is -4.16. The SMILES string of the molecule is CCN(CC)c1ccc(N=Nc2sc3c(c2C#N)C(=O)c2ccccc2C3=O)c(NC(C)=O)c1. The summed E-state index contributed by atoms with van der Waals surface area (Å²) in [6, 6.07) is 14.0. The molecule has 0 spiro atoms. The molecule has 2 aromatic carbocycles. The summed E-state index contributed by atoms with van der Waals surface area (Å²) in [5.74, 6) is -0.941. The Morgan fingerprint density at radius 2 is 1.74 bits per heavy atom. The zero-order valence-corrected chi connectivity index (χ0v) is 19.7. The third-order valence-corrected chi connectivity index (χ3v) is 6.59. The Bertz CT molecular complexity index is 1400. The highest BCUT2D eigenvalue weighted by molar-refractivity contribution is 7.18. The highest BCUT2D eigenvalue weighted by Gasteiger charge is 2.35. The smallest absolute Gasteiger partial charge is 0.221 e. The van der Waals surface area contributed by atoms with Gasteiger partial charge in [0.15, 0.2) is 10.8 Å². The lowest BCUT2D eigenvalue weighted by molar-refractivity contribution is -0.114. The van der Waals surface area contributed by atoms with Gasteiger partial charge in [0.2, 0.25) is 11.7 Å². The largest absolute Gasteiger partial charge is 0.372 e. The van der Waals surface area contributed by atoms with Crippen LogP contribution in [0.1, 0.15) is 57.5 Å². The molecule has 1 N–H and O–H groups in total. The van der Waals surface area contributed by atoms with Crippen molar-refractivity contribution in [1.29, 1.82) is 5.26 Å². The molecule has 0 unspecified atom stereocenters.